The zero-order valence-corrected chi connectivity index (χ0v) is 11.3. The number of rotatable bonds is 5. The van der Waals surface area contributed by atoms with Crippen molar-refractivity contribution in [3.8, 4) is 5.75 Å². The van der Waals surface area contributed by atoms with Crippen molar-refractivity contribution < 1.29 is 23.8 Å². The average molecular weight is 295 g/mol. The first-order chi connectivity index (χ1) is 9.51. The maximum Gasteiger partial charge on any atom is 0.339 e. The highest BCUT2D eigenvalue weighted by Crippen LogP contribution is 2.26. The Hall–Kier alpha value is -2.27. The maximum atomic E-state index is 10.9. The van der Waals surface area contributed by atoms with Gasteiger partial charge in [-0.3, -0.25) is 4.79 Å². The number of carbonyl (C=O) groups is 2. The summed E-state index contributed by atoms with van der Waals surface area (Å²) in [7, 11) is 0. The molecule has 0 aliphatic heterocycles. The van der Waals surface area contributed by atoms with E-state index >= 15 is 0 Å². The summed E-state index contributed by atoms with van der Waals surface area (Å²) in [5.74, 6) is 0.0444. The lowest BCUT2D eigenvalue weighted by Crippen LogP contribution is -1.96. The van der Waals surface area contributed by atoms with Crippen LogP contribution in [0.15, 0.2) is 28.7 Å². The molecule has 1 aromatic carbocycles. The monoisotopic (exact) mass is 294 g/mol. The molecule has 0 saturated heterocycles. The number of ether oxygens (including phenoxy) is 1. The first kappa shape index (κ1) is 14.1. The average Bonchev–Trinajstić information content (AvgIpc) is 2.78. The first-order valence-corrected chi connectivity index (χ1v) is 6.09. The molecule has 20 heavy (non-hydrogen) atoms. The van der Waals surface area contributed by atoms with Crippen molar-refractivity contribution in [2.24, 2.45) is 0 Å². The molecule has 1 N–H and O–H groups in total. The first-order valence-electron chi connectivity index (χ1n) is 5.71. The number of aldehydes is 1. The molecule has 2 aromatic rings. The summed E-state index contributed by atoms with van der Waals surface area (Å²) >= 11 is 5.95. The van der Waals surface area contributed by atoms with Crippen LogP contribution in [0.1, 0.15) is 32.2 Å². The summed E-state index contributed by atoms with van der Waals surface area (Å²) < 4.78 is 10.7. The number of halogens is 1. The number of carboxylic acid groups (broad SMARTS) is 1. The molecule has 0 atom stereocenters. The Morgan fingerprint density at radius 1 is 1.45 bits per heavy atom. The van der Waals surface area contributed by atoms with Crippen LogP contribution in [0.25, 0.3) is 0 Å². The van der Waals surface area contributed by atoms with Crippen molar-refractivity contribution in [1.29, 1.82) is 0 Å². The Labute approximate surface area is 119 Å². The minimum atomic E-state index is -1.05. The summed E-state index contributed by atoms with van der Waals surface area (Å²) in [6.07, 6.45) is 0.685. The predicted molar refractivity (Wildman–Crippen MR) is 71.6 cm³/mol. The van der Waals surface area contributed by atoms with Crippen molar-refractivity contribution in [3.63, 3.8) is 0 Å². The minimum Gasteiger partial charge on any atom is -0.484 e. The molecular weight excluding hydrogens is 284 g/mol. The summed E-state index contributed by atoms with van der Waals surface area (Å²) in [5, 5.41) is 9.21. The molecule has 6 heteroatoms. The fraction of sp³-hybridized carbons (Fsp3) is 0.143. The third-order valence-electron chi connectivity index (χ3n) is 2.66. The minimum absolute atomic E-state index is 0.0499. The highest BCUT2D eigenvalue weighted by Gasteiger charge is 2.14. The third-order valence-corrected chi connectivity index (χ3v) is 2.96. The Morgan fingerprint density at radius 2 is 2.20 bits per heavy atom. The van der Waals surface area contributed by atoms with Crippen LogP contribution in [-0.2, 0) is 6.61 Å². The number of aryl methyl sites for hydroxylation is 1. The molecule has 0 bridgehead atoms. The lowest BCUT2D eigenvalue weighted by atomic mass is 10.2. The second-order valence-corrected chi connectivity index (χ2v) is 4.49. The van der Waals surface area contributed by atoms with Crippen molar-refractivity contribution in [2.75, 3.05) is 0 Å². The van der Waals surface area contributed by atoms with Crippen LogP contribution in [-0.4, -0.2) is 17.4 Å². The quantitative estimate of drug-likeness (QED) is 0.856. The van der Waals surface area contributed by atoms with E-state index in [9.17, 15) is 9.59 Å². The molecule has 5 nitrogen and oxygen atoms in total. The highest BCUT2D eigenvalue weighted by atomic mass is 35.5. The van der Waals surface area contributed by atoms with E-state index in [0.717, 1.165) is 0 Å². The molecule has 0 radical (unpaired) electrons. The molecular formula is C14H11ClO5. The van der Waals surface area contributed by atoms with Crippen LogP contribution in [0, 0.1) is 6.92 Å². The summed E-state index contributed by atoms with van der Waals surface area (Å²) in [4.78, 5) is 21.5. The Morgan fingerprint density at radius 3 is 2.75 bits per heavy atom. The second kappa shape index (κ2) is 5.79. The van der Waals surface area contributed by atoms with Crippen LogP contribution in [0.3, 0.4) is 0 Å². The standard InChI is InChI=1S/C14H11ClO5/c1-8-11(14(17)18)5-10(20-8)7-19-13-3-2-9(6-16)4-12(13)15/h2-6H,7H2,1H3,(H,17,18). The summed E-state index contributed by atoms with van der Waals surface area (Å²) in [5.41, 5.74) is 0.551. The second-order valence-electron chi connectivity index (χ2n) is 4.08. The molecule has 0 fully saturated rings. The SMILES string of the molecule is Cc1oc(COc2ccc(C=O)cc2Cl)cc1C(=O)O. The predicted octanol–water partition coefficient (Wildman–Crippen LogP) is 3.33. The van der Waals surface area contributed by atoms with Gasteiger partial charge in [-0.15, -0.1) is 0 Å². The van der Waals surface area contributed by atoms with Gasteiger partial charge in [0.15, 0.2) is 0 Å². The molecule has 104 valence electrons. The van der Waals surface area contributed by atoms with Crippen LogP contribution >= 0.6 is 11.6 Å². The van der Waals surface area contributed by atoms with E-state index in [2.05, 4.69) is 0 Å². The topological polar surface area (TPSA) is 76.7 Å². The molecule has 1 heterocycles. The zero-order chi connectivity index (χ0) is 14.7. The number of hydrogen-bond acceptors (Lipinski definition) is 4. The molecule has 0 saturated carbocycles. The Balaban J connectivity index is 2.11. The smallest absolute Gasteiger partial charge is 0.339 e. The number of carboxylic acids is 1. The van der Waals surface area contributed by atoms with Crippen molar-refractivity contribution in [1.82, 2.24) is 0 Å². The van der Waals surface area contributed by atoms with E-state index in [4.69, 9.17) is 25.9 Å². The lowest BCUT2D eigenvalue weighted by Gasteiger charge is -2.06. The molecule has 1 aromatic heterocycles. The molecule has 0 aliphatic rings. The van der Waals surface area contributed by atoms with E-state index < -0.39 is 5.97 Å². The largest absolute Gasteiger partial charge is 0.484 e. The van der Waals surface area contributed by atoms with Crippen LogP contribution in [0.2, 0.25) is 5.02 Å². The van der Waals surface area contributed by atoms with Gasteiger partial charge < -0.3 is 14.3 Å². The molecule has 0 amide bonds. The van der Waals surface area contributed by atoms with Gasteiger partial charge in [-0.2, -0.15) is 0 Å². The van der Waals surface area contributed by atoms with Gasteiger partial charge in [-0.1, -0.05) is 11.6 Å². The maximum absolute atomic E-state index is 10.9. The van der Waals surface area contributed by atoms with Gasteiger partial charge in [0.1, 0.15) is 35.7 Å². The highest BCUT2D eigenvalue weighted by molar-refractivity contribution is 6.32. The third kappa shape index (κ3) is 3.00. The van der Waals surface area contributed by atoms with E-state index in [1.54, 1.807) is 19.1 Å². The zero-order valence-electron chi connectivity index (χ0n) is 10.6. The molecule has 0 unspecified atom stereocenters. The van der Waals surface area contributed by atoms with Gasteiger partial charge in [0, 0.05) is 5.56 Å². The van der Waals surface area contributed by atoms with E-state index in [1.807, 2.05) is 0 Å². The summed E-state index contributed by atoms with van der Waals surface area (Å²) in [6.45, 7) is 1.62. The van der Waals surface area contributed by atoms with E-state index in [-0.39, 0.29) is 12.2 Å². The van der Waals surface area contributed by atoms with Crippen LogP contribution in [0.5, 0.6) is 5.75 Å². The van der Waals surface area contributed by atoms with Crippen LogP contribution < -0.4 is 4.74 Å². The number of furan rings is 1. The van der Waals surface area contributed by atoms with Gasteiger partial charge >= 0.3 is 5.97 Å². The Bertz CT molecular complexity index is 660. The molecule has 0 aliphatic carbocycles. The molecule has 0 spiro atoms. The van der Waals surface area contributed by atoms with Gasteiger partial charge in [0.05, 0.1) is 5.02 Å². The summed E-state index contributed by atoms with van der Waals surface area (Å²) in [6, 6.07) is 6.04. The van der Waals surface area contributed by atoms with E-state index in [1.165, 1.54) is 12.1 Å². The van der Waals surface area contributed by atoms with Gasteiger partial charge in [-0.25, -0.2) is 4.79 Å². The molecule has 2 rings (SSSR count). The van der Waals surface area contributed by atoms with Gasteiger partial charge in [-0.05, 0) is 31.2 Å². The number of aromatic carboxylic acids is 1. The Kier molecular flexibility index (Phi) is 4.10. The normalized spacial score (nSPS) is 10.3. The number of benzene rings is 1. The van der Waals surface area contributed by atoms with Crippen LogP contribution in [0.4, 0.5) is 0 Å². The van der Waals surface area contributed by atoms with E-state index in [0.29, 0.717) is 34.1 Å². The van der Waals surface area contributed by atoms with Gasteiger partial charge in [0.2, 0.25) is 0 Å². The number of carbonyl (C=O) groups excluding carboxylic acids is 1. The number of hydrogen-bond donors (Lipinski definition) is 1. The fourth-order valence-corrected chi connectivity index (χ4v) is 1.93. The van der Waals surface area contributed by atoms with Crippen molar-refractivity contribution in [3.05, 3.63) is 51.9 Å². The van der Waals surface area contributed by atoms with Gasteiger partial charge in [0.25, 0.3) is 0 Å². The lowest BCUT2D eigenvalue weighted by molar-refractivity contribution is 0.0695. The van der Waals surface area contributed by atoms with Crippen molar-refractivity contribution in [2.45, 2.75) is 13.5 Å². The fourth-order valence-electron chi connectivity index (χ4n) is 1.68. The van der Waals surface area contributed by atoms with Crippen molar-refractivity contribution >= 4 is 23.9 Å².